The summed E-state index contributed by atoms with van der Waals surface area (Å²) in [6.07, 6.45) is -0.0505. The van der Waals surface area contributed by atoms with Crippen LogP contribution in [0.15, 0.2) is 66.7 Å². The van der Waals surface area contributed by atoms with E-state index in [2.05, 4.69) is 15.7 Å². The summed E-state index contributed by atoms with van der Waals surface area (Å²) >= 11 is 6.19. The third kappa shape index (κ3) is 3.97. The lowest BCUT2D eigenvalue weighted by atomic mass is 10.1. The molecule has 7 nitrogen and oxygen atoms in total. The van der Waals surface area contributed by atoms with Gasteiger partial charge in [0, 0.05) is 28.8 Å². The summed E-state index contributed by atoms with van der Waals surface area (Å²) in [4.78, 5) is 25.7. The fourth-order valence-corrected chi connectivity index (χ4v) is 4.40. The van der Waals surface area contributed by atoms with Crippen molar-refractivity contribution in [3.63, 3.8) is 0 Å². The van der Waals surface area contributed by atoms with Gasteiger partial charge in [0.25, 0.3) is 5.91 Å². The fraction of sp³-hybridized carbons (Fsp3) is 0.160. The minimum absolute atomic E-state index is 0.0505. The van der Waals surface area contributed by atoms with Crippen molar-refractivity contribution in [2.75, 3.05) is 17.7 Å². The molecule has 1 aliphatic heterocycles. The van der Waals surface area contributed by atoms with Gasteiger partial charge >= 0.3 is 0 Å². The van der Waals surface area contributed by atoms with Gasteiger partial charge in [-0.15, -0.1) is 0 Å². The van der Waals surface area contributed by atoms with Crippen LogP contribution in [0.2, 0.25) is 5.02 Å². The number of benzene rings is 3. The van der Waals surface area contributed by atoms with Gasteiger partial charge in [-0.1, -0.05) is 60.1 Å². The van der Waals surface area contributed by atoms with Crippen LogP contribution in [0.4, 0.5) is 11.5 Å². The highest BCUT2D eigenvalue weighted by Crippen LogP contribution is 2.39. The van der Waals surface area contributed by atoms with Gasteiger partial charge in [0.1, 0.15) is 11.9 Å². The second-order valence-electron chi connectivity index (χ2n) is 7.84. The van der Waals surface area contributed by atoms with Gasteiger partial charge in [-0.05, 0) is 29.1 Å². The second kappa shape index (κ2) is 8.69. The first-order chi connectivity index (χ1) is 16.0. The van der Waals surface area contributed by atoms with Crippen molar-refractivity contribution in [3.8, 4) is 11.1 Å². The number of rotatable bonds is 6. The molecule has 0 bridgehead atoms. The van der Waals surface area contributed by atoms with Gasteiger partial charge in [-0.3, -0.25) is 9.59 Å². The summed E-state index contributed by atoms with van der Waals surface area (Å²) in [5, 5.41) is 13.0. The van der Waals surface area contributed by atoms with Gasteiger partial charge in [0.05, 0.1) is 18.7 Å². The standard InChI is InChI=1S/C25H21ClN4O3/c1-33-14-20-23(16-8-4-9-17(26)12-16)24-28-25(32)21(30(24)29-20)13-22(31)27-19-11-5-7-15-6-2-3-10-18(15)19/h2-12,21H,13-14H2,1H3,(H,27,31)(H,28,32). The molecule has 0 spiro atoms. The lowest BCUT2D eigenvalue weighted by molar-refractivity contribution is -0.123. The zero-order valence-corrected chi connectivity index (χ0v) is 18.6. The number of carbonyl (C=O) groups is 2. The molecule has 8 heteroatoms. The fourth-order valence-electron chi connectivity index (χ4n) is 4.21. The Bertz CT molecular complexity index is 1380. The molecule has 1 aliphatic rings. The normalized spacial score (nSPS) is 14.8. The van der Waals surface area contributed by atoms with E-state index in [1.165, 1.54) is 0 Å². The summed E-state index contributed by atoms with van der Waals surface area (Å²) < 4.78 is 6.90. The highest BCUT2D eigenvalue weighted by atomic mass is 35.5. The number of hydrogen-bond donors (Lipinski definition) is 2. The van der Waals surface area contributed by atoms with Crippen molar-refractivity contribution in [1.82, 2.24) is 9.78 Å². The van der Waals surface area contributed by atoms with E-state index in [4.69, 9.17) is 16.3 Å². The number of fused-ring (bicyclic) bond motifs is 2. The highest BCUT2D eigenvalue weighted by Gasteiger charge is 2.37. The van der Waals surface area contributed by atoms with Crippen LogP contribution in [-0.2, 0) is 20.9 Å². The van der Waals surface area contributed by atoms with Crippen LogP contribution < -0.4 is 10.6 Å². The summed E-state index contributed by atoms with van der Waals surface area (Å²) in [5.74, 6) is -0.0115. The Morgan fingerprint density at radius 2 is 1.94 bits per heavy atom. The van der Waals surface area contributed by atoms with Gasteiger partial charge in [0.15, 0.2) is 0 Å². The van der Waals surface area contributed by atoms with E-state index in [9.17, 15) is 9.59 Å². The minimum atomic E-state index is -0.765. The van der Waals surface area contributed by atoms with Crippen molar-refractivity contribution in [2.24, 2.45) is 0 Å². The minimum Gasteiger partial charge on any atom is -0.378 e. The zero-order chi connectivity index (χ0) is 22.9. The third-order valence-corrected chi connectivity index (χ3v) is 5.89. The first kappa shape index (κ1) is 21.2. The molecule has 0 aliphatic carbocycles. The van der Waals surface area contributed by atoms with Crippen molar-refractivity contribution in [3.05, 3.63) is 77.4 Å². The van der Waals surface area contributed by atoms with Crippen LogP contribution in [0.5, 0.6) is 0 Å². The molecule has 4 aromatic rings. The smallest absolute Gasteiger partial charge is 0.251 e. The maximum absolute atomic E-state index is 12.9. The Morgan fingerprint density at radius 3 is 2.76 bits per heavy atom. The monoisotopic (exact) mass is 460 g/mol. The van der Waals surface area contributed by atoms with Gasteiger partial charge in [-0.25, -0.2) is 4.68 Å². The molecule has 1 unspecified atom stereocenters. The molecule has 2 heterocycles. The lowest BCUT2D eigenvalue weighted by Crippen LogP contribution is -2.24. The average Bonchev–Trinajstić information content (AvgIpc) is 3.29. The number of methoxy groups -OCH3 is 1. The number of ether oxygens (including phenoxy) is 1. The number of halogens is 1. The molecule has 0 radical (unpaired) electrons. The molecule has 2 N–H and O–H groups in total. The molecule has 5 rings (SSSR count). The number of amides is 2. The largest absolute Gasteiger partial charge is 0.378 e. The maximum atomic E-state index is 12.9. The van der Waals surface area contributed by atoms with Crippen LogP contribution in [0.25, 0.3) is 21.9 Å². The molecular weight excluding hydrogens is 440 g/mol. The quantitative estimate of drug-likeness (QED) is 0.423. The molecular formula is C25H21ClN4O3. The molecule has 166 valence electrons. The zero-order valence-electron chi connectivity index (χ0n) is 17.8. The summed E-state index contributed by atoms with van der Waals surface area (Å²) in [7, 11) is 1.58. The van der Waals surface area contributed by atoms with Crippen LogP contribution in [0.3, 0.4) is 0 Å². The Labute approximate surface area is 195 Å². The van der Waals surface area contributed by atoms with Gasteiger partial charge < -0.3 is 15.4 Å². The third-order valence-electron chi connectivity index (χ3n) is 5.66. The van der Waals surface area contributed by atoms with Crippen LogP contribution in [0.1, 0.15) is 18.2 Å². The van der Waals surface area contributed by atoms with E-state index in [-0.39, 0.29) is 24.8 Å². The molecule has 2 amide bonds. The molecule has 1 aromatic heterocycles. The highest BCUT2D eigenvalue weighted by molar-refractivity contribution is 6.30. The topological polar surface area (TPSA) is 85.2 Å². The molecule has 0 saturated carbocycles. The molecule has 3 aromatic carbocycles. The molecule has 0 fully saturated rings. The summed E-state index contributed by atoms with van der Waals surface area (Å²) in [5.41, 5.74) is 2.92. The van der Waals surface area contributed by atoms with E-state index in [0.717, 1.165) is 21.9 Å². The van der Waals surface area contributed by atoms with Crippen molar-refractivity contribution >= 4 is 45.7 Å². The summed E-state index contributed by atoms with van der Waals surface area (Å²) in [6, 6.07) is 20.1. The summed E-state index contributed by atoms with van der Waals surface area (Å²) in [6.45, 7) is 0.257. The van der Waals surface area contributed by atoms with Gasteiger partial charge in [0.2, 0.25) is 5.91 Å². The Hall–Kier alpha value is -3.68. The number of anilines is 2. The van der Waals surface area contributed by atoms with Crippen molar-refractivity contribution < 1.29 is 14.3 Å². The Morgan fingerprint density at radius 1 is 1.15 bits per heavy atom. The van der Waals surface area contributed by atoms with E-state index in [1.807, 2.05) is 60.7 Å². The maximum Gasteiger partial charge on any atom is 0.251 e. The Balaban J connectivity index is 1.45. The van der Waals surface area contributed by atoms with Crippen molar-refractivity contribution in [2.45, 2.75) is 19.1 Å². The Kier molecular flexibility index (Phi) is 5.58. The SMILES string of the molecule is COCc1nn2c(c1-c1cccc(Cl)c1)NC(=O)C2CC(=O)Nc1cccc2ccccc12. The van der Waals surface area contributed by atoms with Crippen LogP contribution in [-0.4, -0.2) is 28.7 Å². The predicted octanol–water partition coefficient (Wildman–Crippen LogP) is 5.03. The second-order valence-corrected chi connectivity index (χ2v) is 8.28. The van der Waals surface area contributed by atoms with Crippen molar-refractivity contribution in [1.29, 1.82) is 0 Å². The van der Waals surface area contributed by atoms with E-state index >= 15 is 0 Å². The van der Waals surface area contributed by atoms with E-state index in [1.54, 1.807) is 17.9 Å². The van der Waals surface area contributed by atoms with Crippen LogP contribution in [0, 0.1) is 0 Å². The first-order valence-corrected chi connectivity index (χ1v) is 10.9. The molecule has 1 atom stereocenters. The number of aromatic nitrogens is 2. The van der Waals surface area contributed by atoms with E-state index in [0.29, 0.717) is 22.2 Å². The number of nitrogens with zero attached hydrogens (tertiary/aromatic N) is 2. The molecule has 33 heavy (non-hydrogen) atoms. The van der Waals surface area contributed by atoms with Gasteiger partial charge in [-0.2, -0.15) is 5.10 Å². The predicted molar refractivity (Wildman–Crippen MR) is 128 cm³/mol. The van der Waals surface area contributed by atoms with Crippen LogP contribution >= 0.6 is 11.6 Å². The first-order valence-electron chi connectivity index (χ1n) is 10.5. The number of carbonyl (C=O) groups excluding carboxylic acids is 2. The van der Waals surface area contributed by atoms with E-state index < -0.39 is 6.04 Å². The number of nitrogens with one attached hydrogen (secondary N) is 2. The number of hydrogen-bond acceptors (Lipinski definition) is 4. The lowest BCUT2D eigenvalue weighted by Gasteiger charge is -2.12. The average molecular weight is 461 g/mol. The molecule has 0 saturated heterocycles.